The molecule has 0 aliphatic carbocycles. The quantitative estimate of drug-likeness (QED) is 0.456. The molecule has 2 aromatic rings. The number of carbonyl (C=O) groups excluding carboxylic acids is 1. The summed E-state index contributed by atoms with van der Waals surface area (Å²) >= 11 is 0.676. The van der Waals surface area contributed by atoms with Crippen molar-refractivity contribution >= 4 is 43.8 Å². The summed E-state index contributed by atoms with van der Waals surface area (Å²) in [4.78, 5) is 22.0. The number of sulfonamides is 1. The van der Waals surface area contributed by atoms with Gasteiger partial charge in [0.25, 0.3) is 20.1 Å². The molecule has 0 aliphatic heterocycles. The van der Waals surface area contributed by atoms with Gasteiger partial charge in [0.15, 0.2) is 0 Å². The molecular weight excluding hydrogens is 370 g/mol. The summed E-state index contributed by atoms with van der Waals surface area (Å²) in [5.74, 6) is -0.334. The molecule has 0 spiro atoms. The maximum atomic E-state index is 12.3. The number of hydrogen-bond donors (Lipinski definition) is 2. The average molecular weight is 385 g/mol. The molecule has 0 aliphatic rings. The van der Waals surface area contributed by atoms with E-state index in [1.54, 1.807) is 20.8 Å². The second-order valence-corrected chi connectivity index (χ2v) is 8.82. The summed E-state index contributed by atoms with van der Waals surface area (Å²) in [7, 11) is -4.09. The molecule has 2 N–H and O–H groups in total. The van der Waals surface area contributed by atoms with Gasteiger partial charge in [0.2, 0.25) is 11.0 Å². The van der Waals surface area contributed by atoms with Gasteiger partial charge < -0.3 is 5.32 Å². The Morgan fingerprint density at radius 1 is 1.28 bits per heavy atom. The molecule has 10 nitrogen and oxygen atoms in total. The van der Waals surface area contributed by atoms with Gasteiger partial charge in [-0.1, -0.05) is 38.2 Å². The van der Waals surface area contributed by atoms with Gasteiger partial charge in [0, 0.05) is 17.5 Å². The molecule has 12 heteroatoms. The lowest BCUT2D eigenvalue weighted by Gasteiger charge is -2.15. The van der Waals surface area contributed by atoms with Crippen molar-refractivity contribution in [3.05, 3.63) is 34.4 Å². The number of amides is 1. The Kier molecular flexibility index (Phi) is 5.04. The molecule has 0 fully saturated rings. The standard InChI is InChI=1S/C13H15N5O5S2/c1-13(2,3)10(19)14-11-15-16-12(24-11)25(22,23)17-8-5-4-6-9(7-8)18(20)21/h4-7,17H,1-3H3,(H,14,15,19). The normalized spacial score (nSPS) is 11.8. The van der Waals surface area contributed by atoms with Gasteiger partial charge in [-0.25, -0.2) is 0 Å². The number of anilines is 2. The van der Waals surface area contributed by atoms with E-state index >= 15 is 0 Å². The molecule has 1 heterocycles. The summed E-state index contributed by atoms with van der Waals surface area (Å²) < 4.78 is 26.4. The summed E-state index contributed by atoms with van der Waals surface area (Å²) in [6.07, 6.45) is 0. The molecular formula is C13H15N5O5S2. The SMILES string of the molecule is CC(C)(C)C(=O)Nc1nnc(S(=O)(=O)Nc2cccc([N+](=O)[O-])c2)s1. The maximum absolute atomic E-state index is 12.3. The molecule has 0 bridgehead atoms. The van der Waals surface area contributed by atoms with Crippen LogP contribution in [0.1, 0.15) is 20.8 Å². The van der Waals surface area contributed by atoms with E-state index in [1.165, 1.54) is 18.2 Å². The van der Waals surface area contributed by atoms with Crippen LogP contribution in [0.4, 0.5) is 16.5 Å². The molecule has 1 amide bonds. The third kappa shape index (κ3) is 4.70. The van der Waals surface area contributed by atoms with E-state index in [9.17, 15) is 23.3 Å². The second kappa shape index (κ2) is 6.72. The Morgan fingerprint density at radius 2 is 1.96 bits per heavy atom. The summed E-state index contributed by atoms with van der Waals surface area (Å²) in [5, 5.41) is 20.5. The fourth-order valence-electron chi connectivity index (χ4n) is 1.54. The third-order valence-corrected chi connectivity index (χ3v) is 5.43. The molecule has 134 valence electrons. The van der Waals surface area contributed by atoms with E-state index in [1.807, 2.05) is 0 Å². The van der Waals surface area contributed by atoms with Gasteiger partial charge in [0.1, 0.15) is 0 Å². The molecule has 2 rings (SSSR count). The number of nitro groups is 1. The van der Waals surface area contributed by atoms with Gasteiger partial charge in [-0.15, -0.1) is 10.2 Å². The highest BCUT2D eigenvalue weighted by molar-refractivity contribution is 7.94. The first-order valence-electron chi connectivity index (χ1n) is 6.91. The van der Waals surface area contributed by atoms with Crippen molar-refractivity contribution in [2.24, 2.45) is 5.41 Å². The minimum Gasteiger partial charge on any atom is -0.300 e. The lowest BCUT2D eigenvalue weighted by atomic mass is 9.96. The largest absolute Gasteiger partial charge is 0.300 e. The zero-order valence-corrected chi connectivity index (χ0v) is 15.1. The van der Waals surface area contributed by atoms with Crippen LogP contribution in [0.3, 0.4) is 0 Å². The van der Waals surface area contributed by atoms with Crippen LogP contribution in [-0.4, -0.2) is 29.4 Å². The molecule has 1 aromatic heterocycles. The highest BCUT2D eigenvalue weighted by Gasteiger charge is 2.25. The van der Waals surface area contributed by atoms with Crippen molar-refractivity contribution < 1.29 is 18.1 Å². The van der Waals surface area contributed by atoms with E-state index in [0.717, 1.165) is 6.07 Å². The molecule has 0 radical (unpaired) electrons. The monoisotopic (exact) mass is 385 g/mol. The number of benzene rings is 1. The minimum atomic E-state index is -4.09. The summed E-state index contributed by atoms with van der Waals surface area (Å²) in [5.41, 5.74) is -0.911. The predicted molar refractivity (Wildman–Crippen MR) is 91.9 cm³/mol. The fraction of sp³-hybridized carbons (Fsp3) is 0.308. The third-order valence-electron chi connectivity index (χ3n) is 2.85. The summed E-state index contributed by atoms with van der Waals surface area (Å²) in [6.45, 7) is 5.10. The number of rotatable bonds is 5. The van der Waals surface area contributed by atoms with Crippen LogP contribution in [0.25, 0.3) is 0 Å². The molecule has 0 saturated carbocycles. The van der Waals surface area contributed by atoms with Gasteiger partial charge in [-0.2, -0.15) is 8.42 Å². The Labute approximate surface area is 147 Å². The topological polar surface area (TPSA) is 144 Å². The van der Waals surface area contributed by atoms with Crippen molar-refractivity contribution in [2.45, 2.75) is 25.1 Å². The number of carbonyl (C=O) groups is 1. The lowest BCUT2D eigenvalue weighted by Crippen LogP contribution is -2.27. The smallest absolute Gasteiger partial charge is 0.291 e. The maximum Gasteiger partial charge on any atom is 0.291 e. The zero-order chi connectivity index (χ0) is 18.8. The van der Waals surface area contributed by atoms with Crippen LogP contribution in [0.15, 0.2) is 28.6 Å². The predicted octanol–water partition coefficient (Wildman–Crippen LogP) is 2.23. The average Bonchev–Trinajstić information content (AvgIpc) is 2.95. The Balaban J connectivity index is 2.19. The van der Waals surface area contributed by atoms with Gasteiger partial charge in [0.05, 0.1) is 10.6 Å². The van der Waals surface area contributed by atoms with Crippen molar-refractivity contribution in [1.29, 1.82) is 0 Å². The first-order chi connectivity index (χ1) is 11.5. The van der Waals surface area contributed by atoms with Crippen LogP contribution < -0.4 is 10.0 Å². The van der Waals surface area contributed by atoms with Crippen LogP contribution in [0.5, 0.6) is 0 Å². The molecule has 0 atom stereocenters. The van der Waals surface area contributed by atoms with Gasteiger partial charge in [-0.05, 0) is 6.07 Å². The number of aromatic nitrogens is 2. The number of non-ortho nitro benzene ring substituents is 1. The Hall–Kier alpha value is -2.60. The van der Waals surface area contributed by atoms with E-state index in [2.05, 4.69) is 20.2 Å². The first-order valence-corrected chi connectivity index (χ1v) is 9.21. The van der Waals surface area contributed by atoms with E-state index in [4.69, 9.17) is 0 Å². The van der Waals surface area contributed by atoms with Crippen molar-refractivity contribution in [3.8, 4) is 0 Å². The minimum absolute atomic E-state index is 0.0182. The second-order valence-electron chi connectivity index (χ2n) is 5.99. The molecule has 25 heavy (non-hydrogen) atoms. The van der Waals surface area contributed by atoms with Gasteiger partial charge >= 0.3 is 0 Å². The number of nitrogens with zero attached hydrogens (tertiary/aromatic N) is 3. The van der Waals surface area contributed by atoms with Crippen LogP contribution in [-0.2, 0) is 14.8 Å². The van der Waals surface area contributed by atoms with Crippen LogP contribution in [0, 0.1) is 15.5 Å². The van der Waals surface area contributed by atoms with E-state index in [0.29, 0.717) is 11.3 Å². The molecule has 0 unspecified atom stereocenters. The van der Waals surface area contributed by atoms with Crippen molar-refractivity contribution in [1.82, 2.24) is 10.2 Å². The van der Waals surface area contributed by atoms with E-state index < -0.39 is 20.4 Å². The van der Waals surface area contributed by atoms with E-state index in [-0.39, 0.29) is 26.8 Å². The number of hydrogen-bond acceptors (Lipinski definition) is 8. The fourth-order valence-corrected chi connectivity index (χ4v) is 3.48. The van der Waals surface area contributed by atoms with Crippen LogP contribution in [0.2, 0.25) is 0 Å². The first kappa shape index (κ1) is 18.7. The molecule has 1 aromatic carbocycles. The van der Waals surface area contributed by atoms with Gasteiger partial charge in [-0.3, -0.25) is 19.6 Å². The lowest BCUT2D eigenvalue weighted by molar-refractivity contribution is -0.384. The van der Waals surface area contributed by atoms with Crippen LogP contribution >= 0.6 is 11.3 Å². The molecule has 0 saturated heterocycles. The Bertz CT molecular complexity index is 917. The highest BCUT2D eigenvalue weighted by Crippen LogP contribution is 2.25. The van der Waals surface area contributed by atoms with Crippen molar-refractivity contribution in [2.75, 3.05) is 10.0 Å². The highest BCUT2D eigenvalue weighted by atomic mass is 32.2. The summed E-state index contributed by atoms with van der Waals surface area (Å²) in [6, 6.07) is 5.04. The Morgan fingerprint density at radius 3 is 2.56 bits per heavy atom. The number of nitro benzene ring substituents is 1. The number of nitrogens with one attached hydrogen (secondary N) is 2. The zero-order valence-electron chi connectivity index (χ0n) is 13.5. The van der Waals surface area contributed by atoms with Crippen molar-refractivity contribution in [3.63, 3.8) is 0 Å².